The topological polar surface area (TPSA) is 84.7 Å². The summed E-state index contributed by atoms with van der Waals surface area (Å²) in [5, 5.41) is 11.4. The molecule has 7 nitrogen and oxygen atoms in total. The van der Waals surface area contributed by atoms with Crippen LogP contribution in [0.2, 0.25) is 0 Å². The predicted octanol–water partition coefficient (Wildman–Crippen LogP) is 6.32. The number of fused-ring (bicyclic) bond motifs is 1. The van der Waals surface area contributed by atoms with Crippen LogP contribution in [0, 0.1) is 5.82 Å². The summed E-state index contributed by atoms with van der Waals surface area (Å²) in [6.07, 6.45) is -0.290. The third-order valence-electron chi connectivity index (χ3n) is 6.86. The molecule has 1 aliphatic rings. The molecule has 11 heteroatoms. The molecule has 1 amide bonds. The highest BCUT2D eigenvalue weighted by Gasteiger charge is 2.36. The summed E-state index contributed by atoms with van der Waals surface area (Å²) in [7, 11) is 0. The average molecular weight is 547 g/mol. The number of nitrogens with one attached hydrogen (secondary N) is 2. The number of carbonyl (C=O) groups excluding carboxylic acids is 1. The molecule has 1 atom stereocenters. The van der Waals surface area contributed by atoms with Gasteiger partial charge in [0.25, 0.3) is 5.91 Å². The first kappa shape index (κ1) is 25.6. The van der Waals surface area contributed by atoms with Crippen LogP contribution < -0.4 is 10.6 Å². The van der Waals surface area contributed by atoms with Crippen molar-refractivity contribution in [3.63, 3.8) is 0 Å². The fourth-order valence-corrected chi connectivity index (χ4v) is 4.95. The van der Waals surface area contributed by atoms with E-state index < -0.39 is 34.6 Å². The van der Waals surface area contributed by atoms with Crippen LogP contribution in [-0.4, -0.2) is 32.2 Å². The van der Waals surface area contributed by atoms with Crippen molar-refractivity contribution in [2.24, 2.45) is 0 Å². The van der Waals surface area contributed by atoms with E-state index in [1.807, 2.05) is 36.4 Å². The molecule has 1 aliphatic heterocycles. The Balaban J connectivity index is 1.45. The van der Waals surface area contributed by atoms with Gasteiger partial charge in [-0.1, -0.05) is 24.3 Å². The molecule has 0 spiro atoms. The molecule has 1 fully saturated rings. The van der Waals surface area contributed by atoms with Gasteiger partial charge in [0.05, 0.1) is 22.3 Å². The van der Waals surface area contributed by atoms with Crippen molar-refractivity contribution in [3.8, 4) is 17.1 Å². The van der Waals surface area contributed by atoms with Gasteiger partial charge in [-0.3, -0.25) is 4.79 Å². The molecule has 1 saturated heterocycles. The first-order valence-electron chi connectivity index (χ1n) is 12.6. The lowest BCUT2D eigenvalue weighted by atomic mass is 10.0. The Kier molecular flexibility index (Phi) is 6.51. The van der Waals surface area contributed by atoms with Gasteiger partial charge in [-0.25, -0.2) is 19.0 Å². The van der Waals surface area contributed by atoms with Crippen LogP contribution >= 0.6 is 0 Å². The molecule has 0 aliphatic carbocycles. The third-order valence-corrected chi connectivity index (χ3v) is 6.86. The maximum Gasteiger partial charge on any atom is 0.417 e. The van der Waals surface area contributed by atoms with Gasteiger partial charge in [0, 0.05) is 29.4 Å². The van der Waals surface area contributed by atoms with E-state index >= 15 is 4.39 Å². The Bertz CT molecular complexity index is 1700. The second kappa shape index (κ2) is 10.2. The molecule has 40 heavy (non-hydrogen) atoms. The molecule has 202 valence electrons. The van der Waals surface area contributed by atoms with E-state index in [-0.39, 0.29) is 17.7 Å². The molecular weight excluding hydrogens is 524 g/mol. The number of hydrogen-bond acceptors (Lipinski definition) is 5. The van der Waals surface area contributed by atoms with E-state index in [0.29, 0.717) is 22.7 Å². The Morgan fingerprint density at radius 1 is 1.00 bits per heavy atom. The molecule has 0 unspecified atom stereocenters. The first-order valence-corrected chi connectivity index (χ1v) is 12.6. The standard InChI is InChI=1S/C29H22F4N6O/c30-23-16-22(29(31,32)33)20(26-35-12-5-13-36-26)15-21(23)28(40)37-27-19-10-9-17(24-8-4-11-34-24)14-25(19)38-39(27)18-6-2-1-3-7-18/h1-3,5-7,9-10,12-16,24,34H,4,8,11H2,(H,37,40)/t24-/m0/s1. The minimum absolute atomic E-state index is 0.198. The largest absolute Gasteiger partial charge is 0.417 e. The van der Waals surface area contributed by atoms with Crippen molar-refractivity contribution in [1.82, 2.24) is 25.1 Å². The molecule has 0 saturated carbocycles. The molecule has 0 bridgehead atoms. The number of halogens is 4. The van der Waals surface area contributed by atoms with E-state index in [2.05, 4.69) is 20.6 Å². The second-order valence-corrected chi connectivity index (χ2v) is 9.42. The molecule has 5 aromatic rings. The predicted molar refractivity (Wildman–Crippen MR) is 141 cm³/mol. The number of aromatic nitrogens is 4. The molecule has 3 aromatic carbocycles. The molecule has 6 rings (SSSR count). The maximum atomic E-state index is 15.1. The van der Waals surface area contributed by atoms with Crippen LogP contribution in [0.15, 0.2) is 79.1 Å². The van der Waals surface area contributed by atoms with Crippen LogP contribution in [0.4, 0.5) is 23.4 Å². The molecule has 2 N–H and O–H groups in total. The number of hydrogen-bond donors (Lipinski definition) is 2. The maximum absolute atomic E-state index is 15.1. The lowest BCUT2D eigenvalue weighted by molar-refractivity contribution is -0.137. The number of carbonyl (C=O) groups is 1. The number of benzene rings is 3. The summed E-state index contributed by atoms with van der Waals surface area (Å²) in [4.78, 5) is 21.2. The molecule has 2 aromatic heterocycles. The van der Waals surface area contributed by atoms with Gasteiger partial charge in [0.1, 0.15) is 11.6 Å². The smallest absolute Gasteiger partial charge is 0.310 e. The highest BCUT2D eigenvalue weighted by Crippen LogP contribution is 2.38. The van der Waals surface area contributed by atoms with Crippen LogP contribution in [0.1, 0.15) is 40.4 Å². The van der Waals surface area contributed by atoms with Crippen molar-refractivity contribution in [3.05, 3.63) is 102 Å². The SMILES string of the molecule is O=C(Nc1c2ccc([C@@H]3CCCN3)cc2nn1-c1ccccc1)c1cc(-c2ncccn2)c(C(F)(F)F)cc1F. The zero-order valence-corrected chi connectivity index (χ0v) is 20.9. The van der Waals surface area contributed by atoms with Crippen LogP contribution in [0.5, 0.6) is 0 Å². The van der Waals surface area contributed by atoms with Crippen molar-refractivity contribution < 1.29 is 22.4 Å². The fourth-order valence-electron chi connectivity index (χ4n) is 4.95. The Labute approximate surface area is 225 Å². The van der Waals surface area contributed by atoms with Gasteiger partial charge < -0.3 is 10.6 Å². The van der Waals surface area contributed by atoms with Crippen LogP contribution in [0.25, 0.3) is 28.0 Å². The van der Waals surface area contributed by atoms with Crippen molar-refractivity contribution in [2.45, 2.75) is 25.1 Å². The quantitative estimate of drug-likeness (QED) is 0.252. The summed E-state index contributed by atoms with van der Waals surface area (Å²) in [5.74, 6) is -2.29. The summed E-state index contributed by atoms with van der Waals surface area (Å²) in [6.45, 7) is 0.928. The Hall–Kier alpha value is -4.64. The zero-order valence-electron chi connectivity index (χ0n) is 20.9. The number of anilines is 1. The minimum atomic E-state index is -4.89. The minimum Gasteiger partial charge on any atom is -0.310 e. The van der Waals surface area contributed by atoms with E-state index in [0.717, 1.165) is 31.0 Å². The summed E-state index contributed by atoms with van der Waals surface area (Å²) in [5.41, 5.74) is -0.0640. The van der Waals surface area contributed by atoms with Crippen LogP contribution in [-0.2, 0) is 6.18 Å². The van der Waals surface area contributed by atoms with Gasteiger partial charge >= 0.3 is 6.18 Å². The summed E-state index contributed by atoms with van der Waals surface area (Å²) < 4.78 is 57.9. The lowest BCUT2D eigenvalue weighted by Crippen LogP contribution is -2.18. The number of nitrogens with zero attached hydrogens (tertiary/aromatic N) is 4. The van der Waals surface area contributed by atoms with E-state index in [4.69, 9.17) is 5.10 Å². The van der Waals surface area contributed by atoms with Crippen molar-refractivity contribution >= 4 is 22.6 Å². The van der Waals surface area contributed by atoms with Gasteiger partial charge in [-0.2, -0.15) is 18.3 Å². The van der Waals surface area contributed by atoms with Gasteiger partial charge in [0.2, 0.25) is 0 Å². The van der Waals surface area contributed by atoms with Gasteiger partial charge in [-0.15, -0.1) is 0 Å². The molecule has 0 radical (unpaired) electrons. The molecular formula is C29H22F4N6O. The first-order chi connectivity index (χ1) is 19.3. The number of alkyl halides is 3. The van der Waals surface area contributed by atoms with E-state index in [1.54, 1.807) is 12.1 Å². The number of amides is 1. The third kappa shape index (κ3) is 4.79. The average Bonchev–Trinajstić information content (AvgIpc) is 3.62. The van der Waals surface area contributed by atoms with E-state index in [9.17, 15) is 18.0 Å². The monoisotopic (exact) mass is 546 g/mol. The van der Waals surface area contributed by atoms with Gasteiger partial charge in [0.15, 0.2) is 5.82 Å². The molecule has 3 heterocycles. The summed E-state index contributed by atoms with van der Waals surface area (Å²) >= 11 is 0. The Morgan fingerprint density at radius 2 is 1.77 bits per heavy atom. The van der Waals surface area contributed by atoms with Crippen molar-refractivity contribution in [2.75, 3.05) is 11.9 Å². The highest BCUT2D eigenvalue weighted by molar-refractivity contribution is 6.09. The highest BCUT2D eigenvalue weighted by atomic mass is 19.4. The number of para-hydroxylation sites is 1. The Morgan fingerprint density at radius 3 is 2.48 bits per heavy atom. The normalized spacial score (nSPS) is 15.4. The van der Waals surface area contributed by atoms with Crippen LogP contribution in [0.3, 0.4) is 0 Å². The zero-order chi connectivity index (χ0) is 27.9. The van der Waals surface area contributed by atoms with E-state index in [1.165, 1.54) is 23.1 Å². The van der Waals surface area contributed by atoms with Gasteiger partial charge in [-0.05, 0) is 67.4 Å². The fraction of sp³-hybridized carbons (Fsp3) is 0.172. The second-order valence-electron chi connectivity index (χ2n) is 9.42. The summed E-state index contributed by atoms with van der Waals surface area (Å²) in [6, 6.07) is 17.5. The van der Waals surface area contributed by atoms with Crippen molar-refractivity contribution in [1.29, 1.82) is 0 Å². The number of rotatable bonds is 5. The lowest BCUT2D eigenvalue weighted by Gasteiger charge is -2.15.